The molecule has 2 rings (SSSR count). The number of nitrogens with zero attached hydrogens (tertiary/aromatic N) is 1. The molecule has 0 bridgehead atoms. The number of hydrogen-bond acceptors (Lipinski definition) is 3. The zero-order valence-corrected chi connectivity index (χ0v) is 10.8. The second kappa shape index (κ2) is 6.40. The van der Waals surface area contributed by atoms with E-state index in [1.807, 2.05) is 30.3 Å². The van der Waals surface area contributed by atoms with Gasteiger partial charge in [0.1, 0.15) is 6.10 Å². The number of para-hydroxylation sites is 1. The van der Waals surface area contributed by atoms with Crippen LogP contribution in [0.5, 0.6) is 0 Å². The lowest BCUT2D eigenvalue weighted by atomic mass is 10.1. The van der Waals surface area contributed by atoms with Crippen LogP contribution in [0.1, 0.15) is 19.8 Å². The van der Waals surface area contributed by atoms with E-state index in [1.165, 1.54) is 0 Å². The summed E-state index contributed by atoms with van der Waals surface area (Å²) < 4.78 is 5.44. The smallest absolute Gasteiger partial charge is 0.411 e. The number of amides is 1. The van der Waals surface area contributed by atoms with E-state index in [-0.39, 0.29) is 12.2 Å². The summed E-state index contributed by atoms with van der Waals surface area (Å²) in [6, 6.07) is 9.38. The Hall–Kier alpha value is -1.55. The number of rotatable bonds is 3. The normalized spacial score (nSPS) is 20.4. The molecule has 0 radical (unpaired) electrons. The molecule has 98 valence electrons. The van der Waals surface area contributed by atoms with Crippen LogP contribution in [0.4, 0.5) is 10.5 Å². The van der Waals surface area contributed by atoms with Gasteiger partial charge < -0.3 is 4.74 Å². The van der Waals surface area contributed by atoms with Crippen LogP contribution >= 0.6 is 0 Å². The Morgan fingerprint density at radius 2 is 2.22 bits per heavy atom. The van der Waals surface area contributed by atoms with Crippen molar-refractivity contribution in [2.24, 2.45) is 0 Å². The molecular formula is C14H20N2O2. The van der Waals surface area contributed by atoms with Gasteiger partial charge in [0.05, 0.1) is 0 Å². The van der Waals surface area contributed by atoms with Gasteiger partial charge >= 0.3 is 6.09 Å². The van der Waals surface area contributed by atoms with E-state index in [0.29, 0.717) is 0 Å². The molecule has 1 saturated heterocycles. The van der Waals surface area contributed by atoms with Crippen LogP contribution in [0, 0.1) is 0 Å². The van der Waals surface area contributed by atoms with E-state index in [9.17, 15) is 4.79 Å². The van der Waals surface area contributed by atoms with Crippen molar-refractivity contribution in [1.29, 1.82) is 0 Å². The minimum Gasteiger partial charge on any atom is -0.445 e. The van der Waals surface area contributed by atoms with Gasteiger partial charge in [0, 0.05) is 12.2 Å². The van der Waals surface area contributed by atoms with E-state index in [0.717, 1.165) is 38.2 Å². The quantitative estimate of drug-likeness (QED) is 0.894. The van der Waals surface area contributed by atoms with Gasteiger partial charge in [-0.1, -0.05) is 25.1 Å². The highest BCUT2D eigenvalue weighted by atomic mass is 16.6. The number of benzene rings is 1. The van der Waals surface area contributed by atoms with Crippen molar-refractivity contribution in [3.63, 3.8) is 0 Å². The topological polar surface area (TPSA) is 41.6 Å². The summed E-state index contributed by atoms with van der Waals surface area (Å²) in [6.07, 6.45) is 1.71. The number of nitrogens with one attached hydrogen (secondary N) is 1. The standard InChI is InChI=1S/C14H20N2O2/c1-2-16-10-6-9-13(11-16)18-14(17)15-12-7-4-3-5-8-12/h3-5,7-8,13H,2,6,9-11H2,1H3,(H,15,17)/t13-/m0/s1. The number of anilines is 1. The van der Waals surface area contributed by atoms with Gasteiger partial charge in [0.25, 0.3) is 0 Å². The maximum absolute atomic E-state index is 11.7. The zero-order chi connectivity index (χ0) is 12.8. The molecule has 4 heteroatoms. The molecule has 1 N–H and O–H groups in total. The molecule has 1 heterocycles. The van der Waals surface area contributed by atoms with Crippen molar-refractivity contribution in [2.75, 3.05) is 25.0 Å². The van der Waals surface area contributed by atoms with Gasteiger partial charge in [-0.3, -0.25) is 10.2 Å². The summed E-state index contributed by atoms with van der Waals surface area (Å²) in [7, 11) is 0. The van der Waals surface area contributed by atoms with Gasteiger partial charge in [0.15, 0.2) is 0 Å². The van der Waals surface area contributed by atoms with Gasteiger partial charge in [-0.05, 0) is 38.1 Å². The Labute approximate surface area is 108 Å². The Bertz CT molecular complexity index is 381. The predicted octanol–water partition coefficient (Wildman–Crippen LogP) is 2.72. The average Bonchev–Trinajstić information content (AvgIpc) is 2.40. The molecule has 1 aliphatic rings. The number of carbonyl (C=O) groups excluding carboxylic acids is 1. The van der Waals surface area contributed by atoms with Crippen LogP contribution in [-0.2, 0) is 4.74 Å². The van der Waals surface area contributed by atoms with Gasteiger partial charge in [-0.25, -0.2) is 4.79 Å². The molecule has 1 aromatic rings. The monoisotopic (exact) mass is 248 g/mol. The molecule has 0 aliphatic carbocycles. The number of carbonyl (C=O) groups is 1. The molecule has 0 unspecified atom stereocenters. The van der Waals surface area contributed by atoms with Crippen LogP contribution < -0.4 is 5.32 Å². The van der Waals surface area contributed by atoms with E-state index in [4.69, 9.17) is 4.74 Å². The minimum atomic E-state index is -0.357. The number of ether oxygens (including phenoxy) is 1. The Morgan fingerprint density at radius 3 is 2.94 bits per heavy atom. The molecule has 1 amide bonds. The molecule has 0 spiro atoms. The summed E-state index contributed by atoms with van der Waals surface area (Å²) in [5.41, 5.74) is 0.769. The lowest BCUT2D eigenvalue weighted by Gasteiger charge is -2.31. The molecule has 0 saturated carbocycles. The van der Waals surface area contributed by atoms with Crippen molar-refractivity contribution >= 4 is 11.8 Å². The SMILES string of the molecule is CCN1CCC[C@H](OC(=O)Nc2ccccc2)C1. The van der Waals surface area contributed by atoms with Crippen LogP contribution in [0.25, 0.3) is 0 Å². The molecule has 0 aromatic heterocycles. The predicted molar refractivity (Wildman–Crippen MR) is 71.7 cm³/mol. The molecule has 1 aromatic carbocycles. The van der Waals surface area contributed by atoms with Gasteiger partial charge in [-0.15, -0.1) is 0 Å². The lowest BCUT2D eigenvalue weighted by molar-refractivity contribution is 0.0520. The number of hydrogen-bond donors (Lipinski definition) is 1. The van der Waals surface area contributed by atoms with Gasteiger partial charge in [-0.2, -0.15) is 0 Å². The van der Waals surface area contributed by atoms with Crippen molar-refractivity contribution in [3.05, 3.63) is 30.3 Å². The Morgan fingerprint density at radius 1 is 1.44 bits per heavy atom. The zero-order valence-electron chi connectivity index (χ0n) is 10.8. The van der Waals surface area contributed by atoms with Crippen LogP contribution in [0.3, 0.4) is 0 Å². The fraction of sp³-hybridized carbons (Fsp3) is 0.500. The third-order valence-corrected chi connectivity index (χ3v) is 3.20. The second-order valence-corrected chi connectivity index (χ2v) is 4.55. The molecule has 1 fully saturated rings. The fourth-order valence-corrected chi connectivity index (χ4v) is 2.22. The maximum Gasteiger partial charge on any atom is 0.411 e. The molecule has 4 nitrogen and oxygen atoms in total. The summed E-state index contributed by atoms with van der Waals surface area (Å²) in [6.45, 7) is 5.10. The molecule has 18 heavy (non-hydrogen) atoms. The highest BCUT2D eigenvalue weighted by Gasteiger charge is 2.21. The van der Waals surface area contributed by atoms with Crippen molar-refractivity contribution in [3.8, 4) is 0 Å². The van der Waals surface area contributed by atoms with E-state index in [2.05, 4.69) is 17.1 Å². The maximum atomic E-state index is 11.7. The fourth-order valence-electron chi connectivity index (χ4n) is 2.22. The number of likely N-dealkylation sites (tertiary alicyclic amines) is 1. The summed E-state index contributed by atoms with van der Waals surface area (Å²) >= 11 is 0. The Kier molecular flexibility index (Phi) is 4.59. The summed E-state index contributed by atoms with van der Waals surface area (Å²) in [5, 5.41) is 2.74. The first-order valence-corrected chi connectivity index (χ1v) is 6.53. The second-order valence-electron chi connectivity index (χ2n) is 4.55. The Balaban J connectivity index is 1.80. The van der Waals surface area contributed by atoms with Crippen molar-refractivity contribution < 1.29 is 9.53 Å². The van der Waals surface area contributed by atoms with Crippen LogP contribution in [-0.4, -0.2) is 36.7 Å². The highest BCUT2D eigenvalue weighted by Crippen LogP contribution is 2.14. The van der Waals surface area contributed by atoms with Crippen LogP contribution in [0.15, 0.2) is 30.3 Å². The first-order chi connectivity index (χ1) is 8.78. The first kappa shape index (κ1) is 12.9. The van der Waals surface area contributed by atoms with Gasteiger partial charge in [0.2, 0.25) is 0 Å². The molecular weight excluding hydrogens is 228 g/mol. The van der Waals surface area contributed by atoms with Crippen molar-refractivity contribution in [2.45, 2.75) is 25.9 Å². The highest BCUT2D eigenvalue weighted by molar-refractivity contribution is 5.84. The first-order valence-electron chi connectivity index (χ1n) is 6.53. The minimum absolute atomic E-state index is 0.0161. The largest absolute Gasteiger partial charge is 0.445 e. The van der Waals surface area contributed by atoms with E-state index >= 15 is 0 Å². The molecule has 1 aliphatic heterocycles. The van der Waals surface area contributed by atoms with Crippen LogP contribution in [0.2, 0.25) is 0 Å². The summed E-state index contributed by atoms with van der Waals surface area (Å²) in [4.78, 5) is 14.0. The molecule has 1 atom stereocenters. The van der Waals surface area contributed by atoms with E-state index in [1.54, 1.807) is 0 Å². The average molecular weight is 248 g/mol. The van der Waals surface area contributed by atoms with Crippen molar-refractivity contribution in [1.82, 2.24) is 4.90 Å². The number of likely N-dealkylation sites (N-methyl/N-ethyl adjacent to an activating group) is 1. The third kappa shape index (κ3) is 3.74. The number of piperidine rings is 1. The third-order valence-electron chi connectivity index (χ3n) is 3.20. The lowest BCUT2D eigenvalue weighted by Crippen LogP contribution is -2.40. The summed E-state index contributed by atoms with van der Waals surface area (Å²) in [5.74, 6) is 0. The van der Waals surface area contributed by atoms with E-state index < -0.39 is 0 Å².